The molecule has 1 aliphatic rings. The third-order valence-corrected chi connectivity index (χ3v) is 3.94. The van der Waals surface area contributed by atoms with Gasteiger partial charge in [-0.2, -0.15) is 0 Å². The van der Waals surface area contributed by atoms with E-state index in [0.29, 0.717) is 13.3 Å². The topological polar surface area (TPSA) is 67.8 Å². The average Bonchev–Trinajstić information content (AvgIpc) is 3.07. The van der Waals surface area contributed by atoms with Crippen molar-refractivity contribution in [2.24, 2.45) is 4.99 Å². The summed E-state index contributed by atoms with van der Waals surface area (Å²) in [5, 5.41) is 6.64. The van der Waals surface area contributed by atoms with Crippen LogP contribution in [0.4, 0.5) is 0 Å². The highest BCUT2D eigenvalue weighted by Gasteiger charge is 2.13. The Bertz CT molecular complexity index is 731. The fourth-order valence-electron chi connectivity index (χ4n) is 2.56. The predicted molar refractivity (Wildman–Crippen MR) is 93.4 cm³/mol. The lowest BCUT2D eigenvalue weighted by atomic mass is 10.1. The van der Waals surface area contributed by atoms with Gasteiger partial charge in [-0.05, 0) is 48.2 Å². The molecule has 1 aromatic heterocycles. The minimum absolute atomic E-state index is 0.295. The molecule has 0 fully saturated rings. The van der Waals surface area contributed by atoms with Gasteiger partial charge in [-0.25, -0.2) is 0 Å². The quantitative estimate of drug-likeness (QED) is 0.650. The standard InChI is InChI=1S/C18H22N4O2/c1-13-10-20-7-5-15(13)6-8-21-18(19-2)22-11-14-3-4-16-17(9-14)24-12-23-16/h3-5,7,9-10H,6,8,11-12H2,1-2H3,(H2,19,21,22). The second-order valence-corrected chi connectivity index (χ2v) is 5.59. The molecule has 0 saturated heterocycles. The van der Waals surface area contributed by atoms with Crippen molar-refractivity contribution in [2.75, 3.05) is 20.4 Å². The number of hydrogen-bond acceptors (Lipinski definition) is 4. The number of guanidine groups is 1. The Labute approximate surface area is 141 Å². The normalized spacial score (nSPS) is 13.0. The van der Waals surface area contributed by atoms with Gasteiger partial charge in [-0.1, -0.05) is 6.07 Å². The summed E-state index contributed by atoms with van der Waals surface area (Å²) in [6.07, 6.45) is 4.65. The smallest absolute Gasteiger partial charge is 0.231 e. The van der Waals surface area contributed by atoms with Crippen molar-refractivity contribution in [3.05, 3.63) is 53.3 Å². The van der Waals surface area contributed by atoms with Crippen LogP contribution >= 0.6 is 0 Å². The maximum absolute atomic E-state index is 5.40. The van der Waals surface area contributed by atoms with E-state index < -0.39 is 0 Å². The minimum atomic E-state index is 0.295. The molecule has 0 bridgehead atoms. The van der Waals surface area contributed by atoms with Crippen LogP contribution in [0, 0.1) is 6.92 Å². The molecule has 24 heavy (non-hydrogen) atoms. The highest BCUT2D eigenvalue weighted by atomic mass is 16.7. The monoisotopic (exact) mass is 326 g/mol. The van der Waals surface area contributed by atoms with Crippen molar-refractivity contribution in [3.8, 4) is 11.5 Å². The molecular weight excluding hydrogens is 304 g/mol. The molecule has 1 aromatic carbocycles. The highest BCUT2D eigenvalue weighted by molar-refractivity contribution is 5.79. The third-order valence-electron chi connectivity index (χ3n) is 3.94. The number of ether oxygens (including phenoxy) is 2. The lowest BCUT2D eigenvalue weighted by molar-refractivity contribution is 0.174. The second kappa shape index (κ2) is 7.68. The summed E-state index contributed by atoms with van der Waals surface area (Å²) in [5.41, 5.74) is 3.62. The maximum Gasteiger partial charge on any atom is 0.231 e. The zero-order valence-corrected chi connectivity index (χ0v) is 14.0. The fraction of sp³-hybridized carbons (Fsp3) is 0.333. The summed E-state index contributed by atoms with van der Waals surface area (Å²) in [5.74, 6) is 2.37. The molecule has 0 unspecified atom stereocenters. The highest BCUT2D eigenvalue weighted by Crippen LogP contribution is 2.32. The van der Waals surface area contributed by atoms with Crippen molar-refractivity contribution in [2.45, 2.75) is 19.9 Å². The number of aromatic nitrogens is 1. The Morgan fingerprint density at radius 3 is 2.92 bits per heavy atom. The zero-order chi connectivity index (χ0) is 16.8. The van der Waals surface area contributed by atoms with Gasteiger partial charge < -0.3 is 20.1 Å². The number of nitrogens with one attached hydrogen (secondary N) is 2. The Morgan fingerprint density at radius 2 is 2.08 bits per heavy atom. The van der Waals surface area contributed by atoms with Gasteiger partial charge in [0, 0.05) is 32.5 Å². The van der Waals surface area contributed by atoms with Crippen LogP contribution in [-0.4, -0.2) is 31.3 Å². The predicted octanol–water partition coefficient (Wildman–Crippen LogP) is 2.03. The molecule has 0 aliphatic carbocycles. The van der Waals surface area contributed by atoms with Gasteiger partial charge in [0.1, 0.15) is 0 Å². The number of pyridine rings is 1. The number of nitrogens with zero attached hydrogens (tertiary/aromatic N) is 2. The summed E-state index contributed by atoms with van der Waals surface area (Å²) in [7, 11) is 1.77. The Morgan fingerprint density at radius 1 is 1.21 bits per heavy atom. The molecule has 2 heterocycles. The molecule has 2 N–H and O–H groups in total. The number of fused-ring (bicyclic) bond motifs is 1. The summed E-state index contributed by atoms with van der Waals surface area (Å²) >= 11 is 0. The summed E-state index contributed by atoms with van der Waals surface area (Å²) < 4.78 is 10.7. The minimum Gasteiger partial charge on any atom is -0.454 e. The molecule has 6 nitrogen and oxygen atoms in total. The number of benzene rings is 1. The first-order chi connectivity index (χ1) is 11.8. The molecular formula is C18H22N4O2. The van der Waals surface area contributed by atoms with E-state index in [1.165, 1.54) is 11.1 Å². The molecule has 2 aromatic rings. The van der Waals surface area contributed by atoms with E-state index in [-0.39, 0.29) is 0 Å². The largest absolute Gasteiger partial charge is 0.454 e. The van der Waals surface area contributed by atoms with Crippen molar-refractivity contribution in [3.63, 3.8) is 0 Å². The van der Waals surface area contributed by atoms with E-state index >= 15 is 0 Å². The van der Waals surface area contributed by atoms with Crippen LogP contribution in [0.15, 0.2) is 41.7 Å². The first kappa shape index (κ1) is 16.1. The first-order valence-electron chi connectivity index (χ1n) is 7.99. The molecule has 0 spiro atoms. The van der Waals surface area contributed by atoms with Crippen molar-refractivity contribution < 1.29 is 9.47 Å². The number of rotatable bonds is 5. The van der Waals surface area contributed by atoms with Crippen LogP contribution in [0.2, 0.25) is 0 Å². The summed E-state index contributed by atoms with van der Waals surface area (Å²) in [6.45, 7) is 3.86. The van der Waals surface area contributed by atoms with Crippen LogP contribution < -0.4 is 20.1 Å². The van der Waals surface area contributed by atoms with Crippen LogP contribution in [-0.2, 0) is 13.0 Å². The Hall–Kier alpha value is -2.76. The van der Waals surface area contributed by atoms with E-state index in [1.807, 2.05) is 30.6 Å². The number of hydrogen-bond donors (Lipinski definition) is 2. The SMILES string of the molecule is CN=C(NCCc1ccncc1C)NCc1ccc2c(c1)OCO2. The van der Waals surface area contributed by atoms with Gasteiger partial charge >= 0.3 is 0 Å². The molecule has 0 saturated carbocycles. The van der Waals surface area contributed by atoms with Gasteiger partial charge in [-0.15, -0.1) is 0 Å². The second-order valence-electron chi connectivity index (χ2n) is 5.59. The Balaban J connectivity index is 1.48. The zero-order valence-electron chi connectivity index (χ0n) is 14.0. The van der Waals surface area contributed by atoms with Gasteiger partial charge in [0.2, 0.25) is 6.79 Å². The van der Waals surface area contributed by atoms with Crippen LogP contribution in [0.1, 0.15) is 16.7 Å². The lowest BCUT2D eigenvalue weighted by Crippen LogP contribution is -2.37. The van der Waals surface area contributed by atoms with Gasteiger partial charge in [-0.3, -0.25) is 9.98 Å². The summed E-state index contributed by atoms with van der Waals surface area (Å²) in [6, 6.07) is 8.00. The molecule has 0 radical (unpaired) electrons. The van der Waals surface area contributed by atoms with E-state index in [9.17, 15) is 0 Å². The van der Waals surface area contributed by atoms with E-state index in [1.54, 1.807) is 7.05 Å². The van der Waals surface area contributed by atoms with Crippen LogP contribution in [0.3, 0.4) is 0 Å². The van der Waals surface area contributed by atoms with E-state index in [2.05, 4.69) is 33.6 Å². The number of aryl methyl sites for hydroxylation is 1. The van der Waals surface area contributed by atoms with E-state index in [4.69, 9.17) is 9.47 Å². The number of aliphatic imine (C=N–C) groups is 1. The Kier molecular flexibility index (Phi) is 5.15. The first-order valence-corrected chi connectivity index (χ1v) is 7.99. The maximum atomic E-state index is 5.40. The van der Waals surface area contributed by atoms with Crippen molar-refractivity contribution in [1.82, 2.24) is 15.6 Å². The van der Waals surface area contributed by atoms with Crippen molar-refractivity contribution >= 4 is 5.96 Å². The molecule has 3 rings (SSSR count). The molecule has 0 atom stereocenters. The van der Waals surface area contributed by atoms with Crippen LogP contribution in [0.5, 0.6) is 11.5 Å². The van der Waals surface area contributed by atoms with Crippen LogP contribution in [0.25, 0.3) is 0 Å². The molecule has 1 aliphatic heterocycles. The summed E-state index contributed by atoms with van der Waals surface area (Å²) in [4.78, 5) is 8.37. The molecule has 6 heteroatoms. The fourth-order valence-corrected chi connectivity index (χ4v) is 2.56. The van der Waals surface area contributed by atoms with Crippen molar-refractivity contribution in [1.29, 1.82) is 0 Å². The van der Waals surface area contributed by atoms with Gasteiger partial charge in [0.15, 0.2) is 17.5 Å². The molecule has 126 valence electrons. The van der Waals surface area contributed by atoms with Gasteiger partial charge in [0.05, 0.1) is 0 Å². The van der Waals surface area contributed by atoms with E-state index in [0.717, 1.165) is 36.0 Å². The van der Waals surface area contributed by atoms with Gasteiger partial charge in [0.25, 0.3) is 0 Å². The average molecular weight is 326 g/mol. The third kappa shape index (κ3) is 3.95. The molecule has 0 amide bonds. The lowest BCUT2D eigenvalue weighted by Gasteiger charge is -2.13.